The quantitative estimate of drug-likeness (QED) is 0.617. The highest BCUT2D eigenvalue weighted by Crippen LogP contribution is 2.28. The van der Waals surface area contributed by atoms with E-state index in [9.17, 15) is 4.79 Å². The van der Waals surface area contributed by atoms with Crippen molar-refractivity contribution in [2.75, 3.05) is 13.1 Å². The van der Waals surface area contributed by atoms with Gasteiger partial charge in [-0.1, -0.05) is 41.1 Å². The van der Waals surface area contributed by atoms with Crippen LogP contribution in [0.5, 0.6) is 5.75 Å². The van der Waals surface area contributed by atoms with Gasteiger partial charge in [0.25, 0.3) is 0 Å². The van der Waals surface area contributed by atoms with Gasteiger partial charge in [-0.3, -0.25) is 9.69 Å². The van der Waals surface area contributed by atoms with Crippen molar-refractivity contribution in [3.05, 3.63) is 59.2 Å². The molecule has 0 saturated carbocycles. The third-order valence-electron chi connectivity index (χ3n) is 5.00. The lowest BCUT2D eigenvalue weighted by atomic mass is 9.99. The highest BCUT2D eigenvalue weighted by atomic mass is 35.5. The normalized spacial score (nSPS) is 14.7. The number of halogens is 1. The summed E-state index contributed by atoms with van der Waals surface area (Å²) in [6.45, 7) is 5.87. The maximum absolute atomic E-state index is 10.9. The van der Waals surface area contributed by atoms with Crippen molar-refractivity contribution in [1.82, 2.24) is 19.9 Å². The zero-order chi connectivity index (χ0) is 21.3. The average molecular weight is 427 g/mol. The third-order valence-corrected chi connectivity index (χ3v) is 5.29. The molecular weight excluding hydrogens is 404 g/mol. The number of nitrogens with zero attached hydrogens (tertiary/aromatic N) is 4. The molecule has 1 fully saturated rings. The van der Waals surface area contributed by atoms with Crippen LogP contribution in [0.2, 0.25) is 5.02 Å². The van der Waals surface area contributed by atoms with Crippen molar-refractivity contribution < 1.29 is 14.6 Å². The monoisotopic (exact) mass is 426 g/mol. The van der Waals surface area contributed by atoms with Crippen LogP contribution in [0, 0.1) is 5.92 Å². The van der Waals surface area contributed by atoms with E-state index in [1.54, 1.807) is 10.7 Å². The van der Waals surface area contributed by atoms with Gasteiger partial charge < -0.3 is 9.84 Å². The van der Waals surface area contributed by atoms with E-state index in [2.05, 4.69) is 15.2 Å². The summed E-state index contributed by atoms with van der Waals surface area (Å²) in [4.78, 5) is 13.0. The van der Waals surface area contributed by atoms with Gasteiger partial charge in [0.1, 0.15) is 11.4 Å². The number of ether oxygens (including phenoxy) is 1. The van der Waals surface area contributed by atoms with Crippen LogP contribution in [-0.4, -0.2) is 50.2 Å². The van der Waals surface area contributed by atoms with Gasteiger partial charge in [-0.25, -0.2) is 4.68 Å². The van der Waals surface area contributed by atoms with Gasteiger partial charge in [0.05, 0.1) is 28.9 Å². The minimum Gasteiger partial charge on any atom is -0.489 e. The molecule has 1 saturated heterocycles. The molecule has 2 aromatic carbocycles. The summed E-state index contributed by atoms with van der Waals surface area (Å²) in [5.41, 5.74) is 3.66. The van der Waals surface area contributed by atoms with Crippen LogP contribution in [0.25, 0.3) is 16.9 Å². The largest absolute Gasteiger partial charge is 0.489 e. The number of benzene rings is 2. The predicted molar refractivity (Wildman–Crippen MR) is 114 cm³/mol. The van der Waals surface area contributed by atoms with Gasteiger partial charge in [0.2, 0.25) is 0 Å². The molecule has 1 aromatic heterocycles. The van der Waals surface area contributed by atoms with Crippen molar-refractivity contribution >= 4 is 17.6 Å². The fraction of sp³-hybridized carbons (Fsp3) is 0.318. The Hall–Kier alpha value is -2.90. The van der Waals surface area contributed by atoms with Crippen LogP contribution in [0.1, 0.15) is 19.4 Å². The maximum atomic E-state index is 10.9. The molecule has 0 radical (unpaired) electrons. The Morgan fingerprint density at radius 1 is 1.23 bits per heavy atom. The van der Waals surface area contributed by atoms with Crippen molar-refractivity contribution in [1.29, 1.82) is 0 Å². The lowest BCUT2D eigenvalue weighted by molar-refractivity contribution is -0.147. The fourth-order valence-corrected chi connectivity index (χ4v) is 3.62. The predicted octanol–water partition coefficient (Wildman–Crippen LogP) is 3.89. The van der Waals surface area contributed by atoms with Crippen molar-refractivity contribution in [3.8, 4) is 22.7 Å². The topological polar surface area (TPSA) is 80.5 Å². The zero-order valence-electron chi connectivity index (χ0n) is 16.8. The van der Waals surface area contributed by atoms with E-state index in [0.29, 0.717) is 23.9 Å². The van der Waals surface area contributed by atoms with Gasteiger partial charge in [0.15, 0.2) is 0 Å². The van der Waals surface area contributed by atoms with Crippen LogP contribution in [0.15, 0.2) is 48.7 Å². The number of carboxylic acids is 1. The lowest BCUT2D eigenvalue weighted by Crippen LogP contribution is -2.49. The smallest absolute Gasteiger partial charge is 0.309 e. The number of carboxylic acid groups (broad SMARTS) is 1. The Morgan fingerprint density at radius 2 is 1.97 bits per heavy atom. The van der Waals surface area contributed by atoms with E-state index < -0.39 is 5.97 Å². The molecule has 0 unspecified atom stereocenters. The molecule has 7 nitrogen and oxygen atoms in total. The summed E-state index contributed by atoms with van der Waals surface area (Å²) < 4.78 is 7.35. The average Bonchev–Trinajstić information content (AvgIpc) is 3.16. The van der Waals surface area contributed by atoms with E-state index in [1.165, 1.54) is 0 Å². The zero-order valence-corrected chi connectivity index (χ0v) is 17.6. The van der Waals surface area contributed by atoms with E-state index in [4.69, 9.17) is 21.4 Å². The third kappa shape index (κ3) is 4.47. The Balaban J connectivity index is 1.43. The van der Waals surface area contributed by atoms with Crippen molar-refractivity contribution in [2.24, 2.45) is 5.92 Å². The van der Waals surface area contributed by atoms with Gasteiger partial charge in [-0.2, -0.15) is 0 Å². The SMILES string of the molecule is CC(C)Oc1ccc(-n2cc(-c3ccc(CN4CC(C(=O)O)C4)cc3)nn2)cc1Cl. The molecule has 30 heavy (non-hydrogen) atoms. The molecule has 0 spiro atoms. The number of aliphatic carboxylic acids is 1. The van der Waals surface area contributed by atoms with Crippen molar-refractivity contribution in [3.63, 3.8) is 0 Å². The van der Waals surface area contributed by atoms with E-state index in [1.807, 2.05) is 56.4 Å². The summed E-state index contributed by atoms with van der Waals surface area (Å²) in [7, 11) is 0. The molecule has 0 atom stereocenters. The second-order valence-corrected chi connectivity index (χ2v) is 8.16. The fourth-order valence-electron chi connectivity index (χ4n) is 3.40. The second-order valence-electron chi connectivity index (χ2n) is 7.76. The molecule has 8 heteroatoms. The molecule has 156 valence electrons. The van der Waals surface area contributed by atoms with Crippen LogP contribution in [-0.2, 0) is 11.3 Å². The van der Waals surface area contributed by atoms with Crippen LogP contribution < -0.4 is 4.74 Å². The number of carbonyl (C=O) groups is 1. The maximum Gasteiger partial charge on any atom is 0.309 e. The summed E-state index contributed by atoms with van der Waals surface area (Å²) in [6, 6.07) is 13.6. The summed E-state index contributed by atoms with van der Waals surface area (Å²) in [6.07, 6.45) is 1.91. The van der Waals surface area contributed by atoms with Crippen LogP contribution >= 0.6 is 11.6 Å². The Kier molecular flexibility index (Phi) is 5.74. The number of likely N-dealkylation sites (tertiary alicyclic amines) is 1. The molecule has 4 rings (SSSR count). The van der Waals surface area contributed by atoms with Crippen molar-refractivity contribution in [2.45, 2.75) is 26.5 Å². The number of hydrogen-bond donors (Lipinski definition) is 1. The molecular formula is C22H23ClN4O3. The highest BCUT2D eigenvalue weighted by molar-refractivity contribution is 6.32. The first-order chi connectivity index (χ1) is 14.4. The lowest BCUT2D eigenvalue weighted by Gasteiger charge is -2.36. The van der Waals surface area contributed by atoms with E-state index >= 15 is 0 Å². The number of rotatable bonds is 7. The van der Waals surface area contributed by atoms with Crippen LogP contribution in [0.4, 0.5) is 0 Å². The Bertz CT molecular complexity index is 1040. The summed E-state index contributed by atoms with van der Waals surface area (Å²) >= 11 is 6.33. The Morgan fingerprint density at radius 3 is 2.60 bits per heavy atom. The first kappa shape index (κ1) is 20.4. The highest BCUT2D eigenvalue weighted by Gasteiger charge is 2.32. The van der Waals surface area contributed by atoms with Gasteiger partial charge in [0, 0.05) is 25.2 Å². The molecule has 2 heterocycles. The molecule has 0 bridgehead atoms. The summed E-state index contributed by atoms with van der Waals surface area (Å²) in [5.74, 6) is -0.310. The molecule has 0 amide bonds. The molecule has 1 aliphatic rings. The second kappa shape index (κ2) is 8.45. The van der Waals surface area contributed by atoms with Gasteiger partial charge >= 0.3 is 5.97 Å². The molecule has 3 aromatic rings. The molecule has 1 N–H and O–H groups in total. The van der Waals surface area contributed by atoms with Gasteiger partial charge in [-0.15, -0.1) is 5.10 Å². The number of aromatic nitrogens is 3. The van der Waals surface area contributed by atoms with E-state index in [-0.39, 0.29) is 12.0 Å². The van der Waals surface area contributed by atoms with E-state index in [0.717, 1.165) is 29.1 Å². The first-order valence-corrected chi connectivity index (χ1v) is 10.2. The first-order valence-electron chi connectivity index (χ1n) is 9.82. The standard InChI is InChI=1S/C22H23ClN4O3/c1-14(2)30-21-8-7-18(9-19(21)23)27-13-20(24-25-27)16-5-3-15(4-6-16)10-26-11-17(12-26)22(28)29/h3-9,13-14,17H,10-12H2,1-2H3,(H,28,29). The minimum absolute atomic E-state index is 0.0500. The van der Waals surface area contributed by atoms with Crippen LogP contribution in [0.3, 0.4) is 0 Å². The summed E-state index contributed by atoms with van der Waals surface area (Å²) in [5, 5.41) is 18.0. The van der Waals surface area contributed by atoms with Gasteiger partial charge in [-0.05, 0) is 37.6 Å². The Labute approximate surface area is 179 Å². The molecule has 0 aliphatic carbocycles. The minimum atomic E-state index is -0.715. The number of hydrogen-bond acceptors (Lipinski definition) is 5. The molecule has 1 aliphatic heterocycles.